The molecule has 1 amide bonds. The molecule has 0 aromatic carbocycles. The van der Waals surface area contributed by atoms with Gasteiger partial charge in [0.15, 0.2) is 0 Å². The number of rotatable bonds is 9. The van der Waals surface area contributed by atoms with E-state index in [0.717, 1.165) is 25.8 Å². The van der Waals surface area contributed by atoms with Gasteiger partial charge in [0.05, 0.1) is 13.0 Å². The molecule has 1 fully saturated rings. The number of amides is 1. The van der Waals surface area contributed by atoms with Crippen molar-refractivity contribution < 1.29 is 14.3 Å². The largest absolute Gasteiger partial charge is 0.469 e. The van der Waals surface area contributed by atoms with Gasteiger partial charge >= 0.3 is 5.97 Å². The minimum absolute atomic E-state index is 0.221. The number of nitrogens with zero attached hydrogens (tertiary/aromatic N) is 1. The van der Waals surface area contributed by atoms with Crippen molar-refractivity contribution in [1.82, 2.24) is 4.90 Å². The van der Waals surface area contributed by atoms with Gasteiger partial charge in [0.2, 0.25) is 5.91 Å². The summed E-state index contributed by atoms with van der Waals surface area (Å²) in [5.41, 5.74) is 0. The number of methoxy groups -OCH3 is 1. The molecular formula is C18H33NO3. The smallest absolute Gasteiger partial charge is 0.310 e. The molecule has 0 heterocycles. The van der Waals surface area contributed by atoms with Gasteiger partial charge in [-0.2, -0.15) is 0 Å². The molecular weight excluding hydrogens is 278 g/mol. The van der Waals surface area contributed by atoms with Crippen LogP contribution in [-0.2, 0) is 14.3 Å². The number of hydrogen-bond donors (Lipinski definition) is 0. The first-order valence-corrected chi connectivity index (χ1v) is 8.94. The van der Waals surface area contributed by atoms with Crippen molar-refractivity contribution in [2.45, 2.75) is 71.6 Å². The molecule has 1 aliphatic rings. The average molecular weight is 311 g/mol. The molecule has 0 saturated heterocycles. The molecule has 4 heteroatoms. The van der Waals surface area contributed by atoms with E-state index < -0.39 is 0 Å². The summed E-state index contributed by atoms with van der Waals surface area (Å²) in [7, 11) is 1.41. The Morgan fingerprint density at radius 2 is 1.86 bits per heavy atom. The molecule has 0 spiro atoms. The molecule has 1 atom stereocenters. The molecule has 0 N–H and O–H groups in total. The van der Waals surface area contributed by atoms with Gasteiger partial charge in [-0.05, 0) is 25.2 Å². The maximum Gasteiger partial charge on any atom is 0.310 e. The quantitative estimate of drug-likeness (QED) is 0.481. The third-order valence-electron chi connectivity index (χ3n) is 4.67. The second-order valence-corrected chi connectivity index (χ2v) is 6.68. The summed E-state index contributed by atoms with van der Waals surface area (Å²) in [5.74, 6) is 0.287. The van der Waals surface area contributed by atoms with Crippen molar-refractivity contribution in [3.05, 3.63) is 0 Å². The molecule has 4 nitrogen and oxygen atoms in total. The first kappa shape index (κ1) is 19.0. The van der Waals surface area contributed by atoms with Gasteiger partial charge in [-0.25, -0.2) is 0 Å². The van der Waals surface area contributed by atoms with Crippen LogP contribution in [0.5, 0.6) is 0 Å². The zero-order valence-corrected chi connectivity index (χ0v) is 14.6. The lowest BCUT2D eigenvalue weighted by molar-refractivity contribution is -0.146. The van der Waals surface area contributed by atoms with Crippen molar-refractivity contribution in [1.29, 1.82) is 0 Å². The van der Waals surface area contributed by atoms with Crippen LogP contribution in [0.2, 0.25) is 0 Å². The van der Waals surface area contributed by atoms with Gasteiger partial charge in [0.1, 0.15) is 0 Å². The molecule has 128 valence electrons. The van der Waals surface area contributed by atoms with Crippen molar-refractivity contribution in [3.63, 3.8) is 0 Å². The van der Waals surface area contributed by atoms with E-state index in [9.17, 15) is 9.59 Å². The third-order valence-corrected chi connectivity index (χ3v) is 4.67. The number of carbonyl (C=O) groups excluding carboxylic acids is 2. The van der Waals surface area contributed by atoms with Gasteiger partial charge in [-0.1, -0.05) is 46.0 Å². The Morgan fingerprint density at radius 3 is 2.45 bits per heavy atom. The van der Waals surface area contributed by atoms with Gasteiger partial charge in [0, 0.05) is 19.5 Å². The monoisotopic (exact) mass is 311 g/mol. The Hall–Kier alpha value is -1.06. The summed E-state index contributed by atoms with van der Waals surface area (Å²) in [6, 6.07) is 0. The van der Waals surface area contributed by atoms with E-state index in [1.165, 1.54) is 39.2 Å². The van der Waals surface area contributed by atoms with Gasteiger partial charge < -0.3 is 9.64 Å². The Labute approximate surface area is 135 Å². The zero-order valence-electron chi connectivity index (χ0n) is 14.6. The fourth-order valence-electron chi connectivity index (χ4n) is 3.24. The van der Waals surface area contributed by atoms with E-state index in [0.29, 0.717) is 18.9 Å². The van der Waals surface area contributed by atoms with E-state index in [-0.39, 0.29) is 17.8 Å². The van der Waals surface area contributed by atoms with Crippen molar-refractivity contribution in [2.24, 2.45) is 11.8 Å². The standard InChI is InChI=1S/C18H33NO3/c1-4-5-9-12-19(14-15(2)18(21)22-3)17(20)13-16-10-7-6-8-11-16/h15-16H,4-14H2,1-3H3. The fraction of sp³-hybridized carbons (Fsp3) is 0.889. The number of unbranched alkanes of at least 4 members (excludes halogenated alkanes) is 2. The van der Waals surface area contributed by atoms with E-state index in [2.05, 4.69) is 6.92 Å². The highest BCUT2D eigenvalue weighted by Crippen LogP contribution is 2.27. The highest BCUT2D eigenvalue weighted by molar-refractivity contribution is 5.78. The summed E-state index contributed by atoms with van der Waals surface area (Å²) in [6.45, 7) is 5.25. The molecule has 0 aromatic rings. The Balaban J connectivity index is 2.54. The maximum atomic E-state index is 12.6. The lowest BCUT2D eigenvalue weighted by atomic mass is 9.86. The topological polar surface area (TPSA) is 46.6 Å². The molecule has 1 aliphatic carbocycles. The van der Waals surface area contributed by atoms with Crippen LogP contribution < -0.4 is 0 Å². The molecule has 1 rings (SSSR count). The fourth-order valence-corrected chi connectivity index (χ4v) is 3.24. The highest BCUT2D eigenvalue weighted by atomic mass is 16.5. The Bertz CT molecular complexity index is 337. The van der Waals surface area contributed by atoms with Crippen LogP contribution >= 0.6 is 0 Å². The first-order valence-electron chi connectivity index (χ1n) is 8.94. The number of hydrogen-bond acceptors (Lipinski definition) is 3. The van der Waals surface area contributed by atoms with Crippen molar-refractivity contribution in [2.75, 3.05) is 20.2 Å². The van der Waals surface area contributed by atoms with Gasteiger partial charge in [-0.3, -0.25) is 9.59 Å². The zero-order chi connectivity index (χ0) is 16.4. The van der Waals surface area contributed by atoms with Crippen molar-refractivity contribution in [3.8, 4) is 0 Å². The van der Waals surface area contributed by atoms with Crippen LogP contribution in [0.4, 0.5) is 0 Å². The van der Waals surface area contributed by atoms with Crippen LogP contribution in [0, 0.1) is 11.8 Å². The Kier molecular flexibility index (Phi) is 9.17. The predicted molar refractivity (Wildman–Crippen MR) is 88.5 cm³/mol. The maximum absolute atomic E-state index is 12.6. The molecule has 22 heavy (non-hydrogen) atoms. The minimum atomic E-state index is -0.248. The number of ether oxygens (including phenoxy) is 1. The van der Waals surface area contributed by atoms with E-state index in [1.807, 2.05) is 11.8 Å². The highest BCUT2D eigenvalue weighted by Gasteiger charge is 2.24. The van der Waals surface area contributed by atoms with Crippen LogP contribution in [-0.4, -0.2) is 37.0 Å². The second kappa shape index (κ2) is 10.6. The van der Waals surface area contributed by atoms with E-state index in [1.54, 1.807) is 0 Å². The van der Waals surface area contributed by atoms with Crippen molar-refractivity contribution >= 4 is 11.9 Å². The van der Waals surface area contributed by atoms with Crippen LogP contribution in [0.15, 0.2) is 0 Å². The van der Waals surface area contributed by atoms with Gasteiger partial charge in [0.25, 0.3) is 0 Å². The molecule has 1 saturated carbocycles. The van der Waals surface area contributed by atoms with Crippen LogP contribution in [0.1, 0.15) is 71.6 Å². The molecule has 0 aliphatic heterocycles. The van der Waals surface area contributed by atoms with Gasteiger partial charge in [-0.15, -0.1) is 0 Å². The predicted octanol–water partition coefficient (Wildman–Crippen LogP) is 3.78. The molecule has 0 aromatic heterocycles. The minimum Gasteiger partial charge on any atom is -0.469 e. The Morgan fingerprint density at radius 1 is 1.18 bits per heavy atom. The van der Waals surface area contributed by atoms with Crippen LogP contribution in [0.3, 0.4) is 0 Å². The summed E-state index contributed by atoms with van der Waals surface area (Å²) in [4.78, 5) is 26.2. The molecule has 1 unspecified atom stereocenters. The van der Waals surface area contributed by atoms with E-state index >= 15 is 0 Å². The summed E-state index contributed by atoms with van der Waals surface area (Å²) in [5, 5.41) is 0. The number of esters is 1. The SMILES string of the molecule is CCCCCN(CC(C)C(=O)OC)C(=O)CC1CCCCC1. The third kappa shape index (κ3) is 6.80. The van der Waals surface area contributed by atoms with Crippen LogP contribution in [0.25, 0.3) is 0 Å². The summed E-state index contributed by atoms with van der Waals surface area (Å²) in [6.07, 6.45) is 10.1. The summed E-state index contributed by atoms with van der Waals surface area (Å²) < 4.78 is 4.79. The average Bonchev–Trinajstić information content (AvgIpc) is 2.54. The summed E-state index contributed by atoms with van der Waals surface area (Å²) >= 11 is 0. The second-order valence-electron chi connectivity index (χ2n) is 6.68. The lowest BCUT2D eigenvalue weighted by Crippen LogP contribution is -2.38. The number of carbonyl (C=O) groups is 2. The normalized spacial score (nSPS) is 17.0. The lowest BCUT2D eigenvalue weighted by Gasteiger charge is -2.28. The molecule has 0 bridgehead atoms. The first-order chi connectivity index (χ1) is 10.6. The molecule has 0 radical (unpaired) electrons. The van der Waals surface area contributed by atoms with E-state index in [4.69, 9.17) is 4.74 Å².